The summed E-state index contributed by atoms with van der Waals surface area (Å²) in [5.41, 5.74) is 0. The first-order valence-electron chi connectivity index (χ1n) is 3.66. The molecule has 12 heavy (non-hydrogen) atoms. The molecule has 1 atom stereocenters. The summed E-state index contributed by atoms with van der Waals surface area (Å²) >= 11 is 5.07. The normalized spacial score (nSPS) is 46.0. The molecule has 0 aromatic rings. The molecule has 2 bridgehead atoms. The van der Waals surface area contributed by atoms with Gasteiger partial charge in [-0.25, -0.2) is 4.90 Å². The summed E-state index contributed by atoms with van der Waals surface area (Å²) in [6.07, 6.45) is 2.59. The predicted octanol–water partition coefficient (Wildman–Crippen LogP) is 1.41. The van der Waals surface area contributed by atoms with Gasteiger partial charge in [0.2, 0.25) is 0 Å². The first kappa shape index (κ1) is 8.81. The Labute approximate surface area is 76.3 Å². The Morgan fingerprint density at radius 1 is 1.58 bits per heavy atom. The highest BCUT2D eigenvalue weighted by atomic mass is 32.5. The van der Waals surface area contributed by atoms with E-state index in [4.69, 9.17) is 25.4 Å². The van der Waals surface area contributed by atoms with Gasteiger partial charge >= 0.3 is 6.72 Å². The average Bonchev–Trinajstić information content (AvgIpc) is 2.05. The molecular formula is C6H10NO3PS. The zero-order valence-electron chi connectivity index (χ0n) is 6.51. The van der Waals surface area contributed by atoms with Crippen molar-refractivity contribution in [3.8, 4) is 0 Å². The van der Waals surface area contributed by atoms with Crippen molar-refractivity contribution in [2.45, 2.75) is 12.6 Å². The lowest BCUT2D eigenvalue weighted by atomic mass is 10.3. The summed E-state index contributed by atoms with van der Waals surface area (Å²) < 4.78 is 15.9. The maximum atomic E-state index is 5.45. The van der Waals surface area contributed by atoms with Crippen LogP contribution in [0.4, 0.5) is 0 Å². The molecule has 0 aliphatic carbocycles. The van der Waals surface area contributed by atoms with Gasteiger partial charge in [-0.05, 0) is 11.8 Å². The topological polar surface area (TPSA) is 30.9 Å². The highest BCUT2D eigenvalue weighted by molar-refractivity contribution is 8.07. The lowest BCUT2D eigenvalue weighted by Gasteiger charge is -2.44. The summed E-state index contributed by atoms with van der Waals surface area (Å²) in [6.45, 7) is 2.33. The second kappa shape index (κ2) is 3.18. The third-order valence-electron chi connectivity index (χ3n) is 1.79. The third-order valence-corrected chi connectivity index (χ3v) is 4.05. The number of nitrogens with zero attached hydrogens (tertiary/aromatic N) is 1. The van der Waals surface area contributed by atoms with E-state index in [9.17, 15) is 0 Å². The fraction of sp³-hybridized carbons (Fsp3) is 0.667. The minimum Gasteiger partial charge on any atom is -0.293 e. The zero-order chi connectivity index (χ0) is 8.60. The molecule has 0 radical (unpaired) electrons. The molecule has 3 heterocycles. The van der Waals surface area contributed by atoms with E-state index >= 15 is 0 Å². The Balaban J connectivity index is 2.10. The first-order valence-corrected chi connectivity index (χ1v) is 6.21. The average molecular weight is 207 g/mol. The molecule has 1 unspecified atom stereocenters. The molecule has 0 aromatic heterocycles. The first-order chi connectivity index (χ1) is 5.73. The molecule has 0 N–H and O–H groups in total. The van der Waals surface area contributed by atoms with E-state index in [-0.39, 0.29) is 6.23 Å². The van der Waals surface area contributed by atoms with Gasteiger partial charge in [0.05, 0.1) is 0 Å². The Hall–Kier alpha value is 0.230. The molecule has 3 aliphatic heterocycles. The molecule has 0 saturated carbocycles. The SMILES string of the molecule is C=CCC1OP2(=S)OCN1CO2. The van der Waals surface area contributed by atoms with Gasteiger partial charge in [0.15, 0.2) is 0 Å². The second-order valence-electron chi connectivity index (χ2n) is 2.64. The molecule has 0 aromatic carbocycles. The minimum absolute atomic E-state index is 0.0100. The Morgan fingerprint density at radius 2 is 2.25 bits per heavy atom. The lowest BCUT2D eigenvalue weighted by molar-refractivity contribution is -0.153. The van der Waals surface area contributed by atoms with Crippen LogP contribution in [0, 0.1) is 0 Å². The van der Waals surface area contributed by atoms with E-state index in [1.165, 1.54) is 0 Å². The fourth-order valence-electron chi connectivity index (χ4n) is 1.14. The van der Waals surface area contributed by atoms with Gasteiger partial charge in [0.25, 0.3) is 0 Å². The van der Waals surface area contributed by atoms with Gasteiger partial charge in [-0.15, -0.1) is 6.58 Å². The second-order valence-corrected chi connectivity index (χ2v) is 5.60. The number of fused-ring (bicyclic) bond motifs is 3. The van der Waals surface area contributed by atoms with Crippen LogP contribution in [-0.4, -0.2) is 24.6 Å². The zero-order valence-corrected chi connectivity index (χ0v) is 8.22. The molecule has 3 fully saturated rings. The maximum Gasteiger partial charge on any atom is 0.331 e. The molecule has 4 nitrogen and oxygen atoms in total. The lowest BCUT2D eigenvalue weighted by Crippen LogP contribution is -2.47. The summed E-state index contributed by atoms with van der Waals surface area (Å²) in [5.74, 6) is 0. The predicted molar refractivity (Wildman–Crippen MR) is 47.7 cm³/mol. The monoisotopic (exact) mass is 207 g/mol. The van der Waals surface area contributed by atoms with Crippen LogP contribution in [0.1, 0.15) is 6.42 Å². The Morgan fingerprint density at radius 3 is 2.75 bits per heavy atom. The summed E-state index contributed by atoms with van der Waals surface area (Å²) in [7, 11) is 0. The fourth-order valence-corrected chi connectivity index (χ4v) is 3.02. The summed E-state index contributed by atoms with van der Waals surface area (Å²) in [4.78, 5) is 1.94. The maximum absolute atomic E-state index is 5.45. The van der Waals surface area contributed by atoms with Gasteiger partial charge in [-0.3, -0.25) is 13.6 Å². The largest absolute Gasteiger partial charge is 0.331 e. The molecular weight excluding hydrogens is 197 g/mol. The van der Waals surface area contributed by atoms with Crippen molar-refractivity contribution in [1.82, 2.24) is 4.90 Å². The molecule has 6 heteroatoms. The van der Waals surface area contributed by atoms with E-state index < -0.39 is 6.72 Å². The molecule has 0 amide bonds. The standard InChI is InChI=1S/C6H10NO3PS/c1-2-3-6-7-4-8-11(12,10-6)9-5-7/h2,6H,1,3-5H2. The van der Waals surface area contributed by atoms with Gasteiger partial charge in [-0.1, -0.05) is 6.08 Å². The van der Waals surface area contributed by atoms with Crippen LogP contribution in [-0.2, 0) is 25.4 Å². The van der Waals surface area contributed by atoms with E-state index in [0.717, 1.165) is 6.42 Å². The van der Waals surface area contributed by atoms with E-state index in [1.807, 2.05) is 11.0 Å². The van der Waals surface area contributed by atoms with Crippen LogP contribution in [0.2, 0.25) is 0 Å². The van der Waals surface area contributed by atoms with Crippen molar-refractivity contribution in [3.63, 3.8) is 0 Å². The number of hydrogen-bond donors (Lipinski definition) is 0. The minimum atomic E-state index is -2.37. The highest BCUT2D eigenvalue weighted by Crippen LogP contribution is 2.57. The van der Waals surface area contributed by atoms with E-state index in [0.29, 0.717) is 13.5 Å². The van der Waals surface area contributed by atoms with Crippen molar-refractivity contribution >= 4 is 18.5 Å². The van der Waals surface area contributed by atoms with Crippen molar-refractivity contribution in [2.75, 3.05) is 13.5 Å². The molecule has 3 rings (SSSR count). The smallest absolute Gasteiger partial charge is 0.293 e. The quantitative estimate of drug-likeness (QED) is 0.504. The van der Waals surface area contributed by atoms with Crippen LogP contribution in [0.15, 0.2) is 12.7 Å². The molecule has 3 aliphatic rings. The third kappa shape index (κ3) is 1.48. The van der Waals surface area contributed by atoms with Gasteiger partial charge < -0.3 is 0 Å². The van der Waals surface area contributed by atoms with Gasteiger partial charge in [-0.2, -0.15) is 0 Å². The Kier molecular flexibility index (Phi) is 2.33. The van der Waals surface area contributed by atoms with Crippen LogP contribution in [0.3, 0.4) is 0 Å². The van der Waals surface area contributed by atoms with Crippen LogP contribution in [0.25, 0.3) is 0 Å². The van der Waals surface area contributed by atoms with Crippen LogP contribution >= 0.6 is 6.72 Å². The molecule has 0 spiro atoms. The van der Waals surface area contributed by atoms with Crippen LogP contribution in [0.5, 0.6) is 0 Å². The highest BCUT2D eigenvalue weighted by Gasteiger charge is 2.40. The number of rotatable bonds is 2. The van der Waals surface area contributed by atoms with Crippen molar-refractivity contribution < 1.29 is 13.6 Å². The van der Waals surface area contributed by atoms with Gasteiger partial charge in [0, 0.05) is 6.42 Å². The summed E-state index contributed by atoms with van der Waals surface area (Å²) in [6, 6.07) is 0. The molecule has 3 saturated heterocycles. The van der Waals surface area contributed by atoms with E-state index in [2.05, 4.69) is 6.58 Å². The van der Waals surface area contributed by atoms with E-state index in [1.54, 1.807) is 0 Å². The summed E-state index contributed by atoms with van der Waals surface area (Å²) in [5, 5.41) is 0. The number of hydrogen-bond acceptors (Lipinski definition) is 5. The van der Waals surface area contributed by atoms with Crippen molar-refractivity contribution in [1.29, 1.82) is 0 Å². The van der Waals surface area contributed by atoms with Crippen molar-refractivity contribution in [3.05, 3.63) is 12.7 Å². The van der Waals surface area contributed by atoms with Crippen molar-refractivity contribution in [2.24, 2.45) is 0 Å². The molecule has 68 valence electrons. The Bertz CT molecular complexity index is 235. The van der Waals surface area contributed by atoms with Gasteiger partial charge in [0.1, 0.15) is 19.7 Å². The van der Waals surface area contributed by atoms with Crippen LogP contribution < -0.4 is 0 Å².